The topological polar surface area (TPSA) is 69.0 Å². The fourth-order valence-electron chi connectivity index (χ4n) is 3.84. The van der Waals surface area contributed by atoms with Gasteiger partial charge in [0.2, 0.25) is 0 Å². The third-order valence-electron chi connectivity index (χ3n) is 5.55. The Hall–Kier alpha value is -3.65. The summed E-state index contributed by atoms with van der Waals surface area (Å²) in [6, 6.07) is 23.5. The van der Waals surface area contributed by atoms with Gasteiger partial charge in [0.05, 0.1) is 23.5 Å². The van der Waals surface area contributed by atoms with Gasteiger partial charge in [0.1, 0.15) is 5.69 Å². The van der Waals surface area contributed by atoms with Gasteiger partial charge < -0.3 is 10.2 Å². The quantitative estimate of drug-likeness (QED) is 0.673. The standard InChI is InChI=1S/C25H24N4O/c26-17-21-6-8-22(9-7-21)28-23-10-11-24(27-18-23)25(30)29-14-12-20(13-15-29)16-19-4-2-1-3-5-19/h1-11,18,20,28H,12-16H2. The number of hydrogen-bond acceptors (Lipinski definition) is 4. The molecule has 1 N–H and O–H groups in total. The van der Waals surface area contributed by atoms with Gasteiger partial charge in [-0.15, -0.1) is 0 Å². The molecule has 0 aliphatic carbocycles. The summed E-state index contributed by atoms with van der Waals surface area (Å²) >= 11 is 0. The molecule has 5 nitrogen and oxygen atoms in total. The SMILES string of the molecule is N#Cc1ccc(Nc2ccc(C(=O)N3CCC(Cc4ccccc4)CC3)nc2)cc1. The zero-order valence-corrected chi connectivity index (χ0v) is 16.8. The molecule has 1 amide bonds. The molecule has 150 valence electrons. The zero-order valence-electron chi connectivity index (χ0n) is 16.8. The van der Waals surface area contributed by atoms with Crippen LogP contribution in [0.5, 0.6) is 0 Å². The van der Waals surface area contributed by atoms with Gasteiger partial charge in [-0.1, -0.05) is 30.3 Å². The smallest absolute Gasteiger partial charge is 0.272 e. The number of likely N-dealkylation sites (tertiary alicyclic amines) is 1. The number of piperidine rings is 1. The molecule has 3 aromatic rings. The van der Waals surface area contributed by atoms with Crippen LogP contribution in [-0.4, -0.2) is 28.9 Å². The van der Waals surface area contributed by atoms with E-state index in [1.807, 2.05) is 29.2 Å². The normalized spacial score (nSPS) is 14.2. The van der Waals surface area contributed by atoms with E-state index in [0.717, 1.165) is 43.7 Å². The van der Waals surface area contributed by atoms with E-state index in [9.17, 15) is 4.79 Å². The molecule has 0 radical (unpaired) electrons. The van der Waals surface area contributed by atoms with E-state index in [-0.39, 0.29) is 5.91 Å². The van der Waals surface area contributed by atoms with Crippen LogP contribution in [0.4, 0.5) is 11.4 Å². The number of pyridine rings is 1. The third kappa shape index (κ3) is 4.84. The van der Waals surface area contributed by atoms with E-state index in [0.29, 0.717) is 17.2 Å². The predicted molar refractivity (Wildman–Crippen MR) is 117 cm³/mol. The van der Waals surface area contributed by atoms with E-state index in [1.165, 1.54) is 5.56 Å². The van der Waals surface area contributed by atoms with Gasteiger partial charge in [-0.3, -0.25) is 4.79 Å². The molecule has 1 aliphatic rings. The van der Waals surface area contributed by atoms with E-state index < -0.39 is 0 Å². The fraction of sp³-hybridized carbons (Fsp3) is 0.240. The Morgan fingerprint density at radius 2 is 1.70 bits per heavy atom. The van der Waals surface area contributed by atoms with Crippen molar-refractivity contribution in [1.82, 2.24) is 9.88 Å². The van der Waals surface area contributed by atoms with E-state index in [2.05, 4.69) is 40.6 Å². The molecule has 0 unspecified atom stereocenters. The van der Waals surface area contributed by atoms with Crippen LogP contribution in [0.2, 0.25) is 0 Å². The molecule has 2 heterocycles. The molecule has 0 saturated carbocycles. The number of nitriles is 1. The minimum atomic E-state index is -0.00177. The maximum absolute atomic E-state index is 12.8. The first kappa shape index (κ1) is 19.7. The maximum atomic E-state index is 12.8. The fourth-order valence-corrected chi connectivity index (χ4v) is 3.84. The van der Waals surface area contributed by atoms with Gasteiger partial charge in [0, 0.05) is 18.8 Å². The number of carbonyl (C=O) groups excluding carboxylic acids is 1. The highest BCUT2D eigenvalue weighted by molar-refractivity contribution is 5.92. The van der Waals surface area contributed by atoms with Crippen molar-refractivity contribution in [1.29, 1.82) is 5.26 Å². The lowest BCUT2D eigenvalue weighted by Gasteiger charge is -2.32. The highest BCUT2D eigenvalue weighted by Crippen LogP contribution is 2.23. The number of carbonyl (C=O) groups is 1. The Labute approximate surface area is 177 Å². The van der Waals surface area contributed by atoms with E-state index in [4.69, 9.17) is 5.26 Å². The van der Waals surface area contributed by atoms with Crippen LogP contribution in [0.3, 0.4) is 0 Å². The van der Waals surface area contributed by atoms with Crippen molar-refractivity contribution in [2.24, 2.45) is 5.92 Å². The zero-order chi connectivity index (χ0) is 20.8. The summed E-state index contributed by atoms with van der Waals surface area (Å²) in [5.74, 6) is 0.626. The molecule has 1 saturated heterocycles. The molecule has 1 aromatic heterocycles. The van der Waals surface area contributed by atoms with Crippen LogP contribution >= 0.6 is 0 Å². The van der Waals surface area contributed by atoms with Crippen molar-refractivity contribution in [3.63, 3.8) is 0 Å². The van der Waals surface area contributed by atoms with Crippen LogP contribution in [0.25, 0.3) is 0 Å². The van der Waals surface area contributed by atoms with E-state index in [1.54, 1.807) is 24.4 Å². The summed E-state index contributed by atoms with van der Waals surface area (Å²) in [7, 11) is 0. The van der Waals surface area contributed by atoms with Crippen LogP contribution in [-0.2, 0) is 6.42 Å². The average molecular weight is 396 g/mol. The van der Waals surface area contributed by atoms with Crippen LogP contribution in [0.15, 0.2) is 72.9 Å². The first-order valence-electron chi connectivity index (χ1n) is 10.3. The van der Waals surface area contributed by atoms with Gasteiger partial charge in [0.15, 0.2) is 0 Å². The molecule has 1 aliphatic heterocycles. The lowest BCUT2D eigenvalue weighted by molar-refractivity contribution is 0.0684. The van der Waals surface area contributed by atoms with Crippen molar-refractivity contribution in [2.45, 2.75) is 19.3 Å². The number of amides is 1. The van der Waals surface area contributed by atoms with Gasteiger partial charge in [-0.2, -0.15) is 5.26 Å². The Kier molecular flexibility index (Phi) is 6.05. The van der Waals surface area contributed by atoms with Gasteiger partial charge >= 0.3 is 0 Å². The molecule has 1 fully saturated rings. The second-order valence-corrected chi connectivity index (χ2v) is 7.67. The van der Waals surface area contributed by atoms with E-state index >= 15 is 0 Å². The lowest BCUT2D eigenvalue weighted by atomic mass is 9.90. The first-order chi connectivity index (χ1) is 14.7. The maximum Gasteiger partial charge on any atom is 0.272 e. The largest absolute Gasteiger partial charge is 0.354 e. The summed E-state index contributed by atoms with van der Waals surface area (Å²) in [4.78, 5) is 19.1. The van der Waals surface area contributed by atoms with Crippen molar-refractivity contribution in [3.8, 4) is 6.07 Å². The van der Waals surface area contributed by atoms with Crippen molar-refractivity contribution in [2.75, 3.05) is 18.4 Å². The number of rotatable bonds is 5. The molecule has 0 bridgehead atoms. The second-order valence-electron chi connectivity index (χ2n) is 7.67. The number of hydrogen-bond donors (Lipinski definition) is 1. The minimum absolute atomic E-state index is 0.00177. The van der Waals surface area contributed by atoms with Crippen molar-refractivity contribution >= 4 is 17.3 Å². The molecular weight excluding hydrogens is 372 g/mol. The Morgan fingerprint density at radius 3 is 2.33 bits per heavy atom. The number of nitrogens with zero attached hydrogens (tertiary/aromatic N) is 3. The second kappa shape index (κ2) is 9.23. The van der Waals surface area contributed by atoms with Gasteiger partial charge in [-0.05, 0) is 67.1 Å². The van der Waals surface area contributed by atoms with Crippen molar-refractivity contribution in [3.05, 3.63) is 89.7 Å². The molecule has 5 heteroatoms. The van der Waals surface area contributed by atoms with Crippen molar-refractivity contribution < 1.29 is 4.79 Å². The van der Waals surface area contributed by atoms with Crippen LogP contribution in [0.1, 0.15) is 34.5 Å². The Balaban J connectivity index is 1.31. The Bertz CT molecular complexity index is 1020. The predicted octanol–water partition coefficient (Wildman–Crippen LogP) is 4.79. The molecule has 0 spiro atoms. The molecule has 30 heavy (non-hydrogen) atoms. The summed E-state index contributed by atoms with van der Waals surface area (Å²) in [6.07, 6.45) is 4.81. The number of nitrogens with one attached hydrogen (secondary N) is 1. The summed E-state index contributed by atoms with van der Waals surface area (Å²) < 4.78 is 0. The van der Waals surface area contributed by atoms with Crippen LogP contribution < -0.4 is 5.32 Å². The first-order valence-corrected chi connectivity index (χ1v) is 10.3. The molecule has 4 rings (SSSR count). The summed E-state index contributed by atoms with van der Waals surface area (Å²) in [6.45, 7) is 1.56. The number of anilines is 2. The molecule has 2 aromatic carbocycles. The highest BCUT2D eigenvalue weighted by atomic mass is 16.2. The summed E-state index contributed by atoms with van der Waals surface area (Å²) in [5.41, 5.74) is 4.14. The highest BCUT2D eigenvalue weighted by Gasteiger charge is 2.24. The molecule has 0 atom stereocenters. The summed E-state index contributed by atoms with van der Waals surface area (Å²) in [5, 5.41) is 12.1. The monoisotopic (exact) mass is 396 g/mol. The Morgan fingerprint density at radius 1 is 1.00 bits per heavy atom. The average Bonchev–Trinajstić information content (AvgIpc) is 2.81. The molecular formula is C25H24N4O. The van der Waals surface area contributed by atoms with Gasteiger partial charge in [0.25, 0.3) is 5.91 Å². The number of aromatic nitrogens is 1. The number of benzene rings is 2. The lowest BCUT2D eigenvalue weighted by Crippen LogP contribution is -2.39. The van der Waals surface area contributed by atoms with Gasteiger partial charge in [-0.25, -0.2) is 4.98 Å². The van der Waals surface area contributed by atoms with Crippen LogP contribution in [0, 0.1) is 17.2 Å². The minimum Gasteiger partial charge on any atom is -0.354 e. The third-order valence-corrected chi connectivity index (χ3v) is 5.55.